The molecular formula is C13H19FN2O3S. The summed E-state index contributed by atoms with van der Waals surface area (Å²) < 4.78 is 45.1. The molecule has 1 fully saturated rings. The molecule has 0 amide bonds. The van der Waals surface area contributed by atoms with E-state index in [1.165, 1.54) is 19.2 Å². The summed E-state index contributed by atoms with van der Waals surface area (Å²) in [5.41, 5.74) is 5.96. The van der Waals surface area contributed by atoms with Crippen molar-refractivity contribution in [3.05, 3.63) is 29.6 Å². The highest BCUT2D eigenvalue weighted by atomic mass is 32.2. The van der Waals surface area contributed by atoms with Gasteiger partial charge in [0.25, 0.3) is 0 Å². The standard InChI is InChI=1S/C13H19FN2O3S/c1-16(9-11-3-2-6-19-11)20(17,18)13-5-4-10(8-15)7-12(13)14/h4-5,7,11H,2-3,6,8-9,15H2,1H3. The lowest BCUT2D eigenvalue weighted by Gasteiger charge is -2.21. The van der Waals surface area contributed by atoms with E-state index in [0.29, 0.717) is 12.2 Å². The molecule has 0 bridgehead atoms. The van der Waals surface area contributed by atoms with Gasteiger partial charge < -0.3 is 10.5 Å². The highest BCUT2D eigenvalue weighted by molar-refractivity contribution is 7.89. The molecule has 0 aliphatic carbocycles. The minimum Gasteiger partial charge on any atom is -0.377 e. The maximum absolute atomic E-state index is 13.9. The van der Waals surface area contributed by atoms with E-state index in [1.807, 2.05) is 0 Å². The van der Waals surface area contributed by atoms with E-state index in [0.717, 1.165) is 23.2 Å². The van der Waals surface area contributed by atoms with Crippen LogP contribution in [0.5, 0.6) is 0 Å². The molecule has 7 heteroatoms. The van der Waals surface area contributed by atoms with E-state index in [1.54, 1.807) is 0 Å². The first-order valence-electron chi connectivity index (χ1n) is 6.51. The van der Waals surface area contributed by atoms with E-state index in [2.05, 4.69) is 0 Å². The fourth-order valence-corrected chi connectivity index (χ4v) is 3.47. The van der Waals surface area contributed by atoms with Crippen molar-refractivity contribution >= 4 is 10.0 Å². The molecule has 1 atom stereocenters. The molecule has 1 aromatic carbocycles. The quantitative estimate of drug-likeness (QED) is 0.883. The monoisotopic (exact) mass is 302 g/mol. The summed E-state index contributed by atoms with van der Waals surface area (Å²) in [4.78, 5) is -0.324. The Labute approximate surface area is 118 Å². The maximum Gasteiger partial charge on any atom is 0.245 e. The predicted molar refractivity (Wildman–Crippen MR) is 73.1 cm³/mol. The van der Waals surface area contributed by atoms with Gasteiger partial charge in [-0.1, -0.05) is 6.07 Å². The van der Waals surface area contributed by atoms with Gasteiger partial charge in [-0.3, -0.25) is 0 Å². The summed E-state index contributed by atoms with van der Waals surface area (Å²) in [5, 5.41) is 0. The van der Waals surface area contributed by atoms with Gasteiger partial charge >= 0.3 is 0 Å². The summed E-state index contributed by atoms with van der Waals surface area (Å²) in [6.07, 6.45) is 1.65. The van der Waals surface area contributed by atoms with Crippen LogP contribution < -0.4 is 5.73 Å². The van der Waals surface area contributed by atoms with Crippen LogP contribution in [0.1, 0.15) is 18.4 Å². The van der Waals surface area contributed by atoms with Gasteiger partial charge in [0.15, 0.2) is 0 Å². The first-order chi connectivity index (χ1) is 9.45. The lowest BCUT2D eigenvalue weighted by atomic mass is 10.2. The first-order valence-corrected chi connectivity index (χ1v) is 7.95. The molecular weight excluding hydrogens is 283 g/mol. The van der Waals surface area contributed by atoms with Crippen molar-refractivity contribution in [2.45, 2.75) is 30.4 Å². The Bertz CT molecular complexity index is 571. The fraction of sp³-hybridized carbons (Fsp3) is 0.538. The highest BCUT2D eigenvalue weighted by Crippen LogP contribution is 2.21. The largest absolute Gasteiger partial charge is 0.377 e. The molecule has 0 radical (unpaired) electrons. The van der Waals surface area contributed by atoms with E-state index >= 15 is 0 Å². The molecule has 20 heavy (non-hydrogen) atoms. The molecule has 1 aliphatic rings. The van der Waals surface area contributed by atoms with Crippen molar-refractivity contribution in [3.63, 3.8) is 0 Å². The van der Waals surface area contributed by atoms with E-state index in [-0.39, 0.29) is 24.1 Å². The molecule has 2 N–H and O–H groups in total. The molecule has 0 spiro atoms. The number of halogens is 1. The van der Waals surface area contributed by atoms with Gasteiger partial charge in [0.05, 0.1) is 6.10 Å². The minimum atomic E-state index is -3.84. The number of ether oxygens (including phenoxy) is 1. The topological polar surface area (TPSA) is 72.6 Å². The predicted octanol–water partition coefficient (Wildman–Crippen LogP) is 1.08. The molecule has 1 saturated heterocycles. The van der Waals surface area contributed by atoms with Gasteiger partial charge in [0, 0.05) is 26.7 Å². The van der Waals surface area contributed by atoms with Crippen LogP contribution in [0.3, 0.4) is 0 Å². The number of rotatable bonds is 5. The van der Waals surface area contributed by atoms with Crippen molar-refractivity contribution in [1.82, 2.24) is 4.31 Å². The van der Waals surface area contributed by atoms with Crippen LogP contribution in [0.2, 0.25) is 0 Å². The Balaban J connectivity index is 2.20. The third kappa shape index (κ3) is 3.17. The van der Waals surface area contributed by atoms with Crippen LogP contribution in [0.4, 0.5) is 4.39 Å². The molecule has 1 unspecified atom stereocenters. The van der Waals surface area contributed by atoms with Crippen molar-refractivity contribution in [2.24, 2.45) is 5.73 Å². The Morgan fingerprint density at radius 3 is 2.80 bits per heavy atom. The van der Waals surface area contributed by atoms with Crippen LogP contribution in [0.15, 0.2) is 23.1 Å². The number of nitrogens with two attached hydrogens (primary N) is 1. The molecule has 0 aromatic heterocycles. The highest BCUT2D eigenvalue weighted by Gasteiger charge is 2.28. The molecule has 112 valence electrons. The van der Waals surface area contributed by atoms with Crippen molar-refractivity contribution < 1.29 is 17.5 Å². The van der Waals surface area contributed by atoms with Gasteiger partial charge in [-0.25, -0.2) is 12.8 Å². The van der Waals surface area contributed by atoms with E-state index in [4.69, 9.17) is 10.5 Å². The minimum absolute atomic E-state index is 0.110. The summed E-state index contributed by atoms with van der Waals surface area (Å²) in [6.45, 7) is 1.06. The second kappa shape index (κ2) is 6.17. The van der Waals surface area contributed by atoms with Crippen LogP contribution >= 0.6 is 0 Å². The van der Waals surface area contributed by atoms with E-state index in [9.17, 15) is 12.8 Å². The molecule has 1 heterocycles. The number of hydrogen-bond acceptors (Lipinski definition) is 4. The van der Waals surface area contributed by atoms with Gasteiger partial charge in [0.2, 0.25) is 10.0 Å². The summed E-state index contributed by atoms with van der Waals surface area (Å²) in [5.74, 6) is -0.771. The summed E-state index contributed by atoms with van der Waals surface area (Å²) >= 11 is 0. The zero-order chi connectivity index (χ0) is 14.8. The van der Waals surface area contributed by atoms with Crippen molar-refractivity contribution in [1.29, 1.82) is 0 Å². The molecule has 1 aromatic rings. The number of hydrogen-bond donors (Lipinski definition) is 1. The Morgan fingerprint density at radius 1 is 1.50 bits per heavy atom. The average Bonchev–Trinajstić information content (AvgIpc) is 2.91. The van der Waals surface area contributed by atoms with Crippen LogP contribution in [-0.4, -0.2) is 39.0 Å². The third-order valence-electron chi connectivity index (χ3n) is 3.40. The summed E-state index contributed by atoms with van der Waals surface area (Å²) in [7, 11) is -2.41. The second-order valence-electron chi connectivity index (χ2n) is 4.89. The first kappa shape index (κ1) is 15.4. The van der Waals surface area contributed by atoms with Gasteiger partial charge in [-0.05, 0) is 30.5 Å². The Hall–Kier alpha value is -1.02. The van der Waals surface area contributed by atoms with Gasteiger partial charge in [-0.15, -0.1) is 0 Å². The number of nitrogens with zero attached hydrogens (tertiary/aromatic N) is 1. The second-order valence-corrected chi connectivity index (χ2v) is 6.90. The fourth-order valence-electron chi connectivity index (χ4n) is 2.22. The Kier molecular flexibility index (Phi) is 4.74. The van der Waals surface area contributed by atoms with Crippen molar-refractivity contribution in [3.8, 4) is 0 Å². The van der Waals surface area contributed by atoms with E-state index < -0.39 is 15.8 Å². The zero-order valence-electron chi connectivity index (χ0n) is 11.4. The lowest BCUT2D eigenvalue weighted by Crippen LogP contribution is -2.34. The maximum atomic E-state index is 13.9. The van der Waals surface area contributed by atoms with Crippen molar-refractivity contribution in [2.75, 3.05) is 20.2 Å². The van der Waals surface area contributed by atoms with Gasteiger partial charge in [-0.2, -0.15) is 4.31 Å². The van der Waals surface area contributed by atoms with Crippen LogP contribution in [0, 0.1) is 5.82 Å². The summed E-state index contributed by atoms with van der Waals surface area (Å²) in [6, 6.07) is 3.95. The van der Waals surface area contributed by atoms with Gasteiger partial charge in [0.1, 0.15) is 10.7 Å². The lowest BCUT2D eigenvalue weighted by molar-refractivity contribution is 0.0978. The number of benzene rings is 1. The molecule has 2 rings (SSSR count). The molecule has 5 nitrogen and oxygen atoms in total. The van der Waals surface area contributed by atoms with Crippen LogP contribution in [-0.2, 0) is 21.3 Å². The third-order valence-corrected chi connectivity index (χ3v) is 5.26. The molecule has 0 saturated carbocycles. The number of likely N-dealkylation sites (N-methyl/N-ethyl adjacent to an activating group) is 1. The normalized spacial score (nSPS) is 19.7. The number of sulfonamides is 1. The SMILES string of the molecule is CN(CC1CCCO1)S(=O)(=O)c1ccc(CN)cc1F. The average molecular weight is 302 g/mol. The zero-order valence-corrected chi connectivity index (χ0v) is 12.2. The Morgan fingerprint density at radius 2 is 2.25 bits per heavy atom. The van der Waals surface area contributed by atoms with Crippen LogP contribution in [0.25, 0.3) is 0 Å². The molecule has 1 aliphatic heterocycles. The smallest absolute Gasteiger partial charge is 0.245 e.